The predicted octanol–water partition coefficient (Wildman–Crippen LogP) is 16.9. The first kappa shape index (κ1) is 56.8. The maximum atomic E-state index is 4.99. The molecule has 0 spiro atoms. The molecule has 4 aromatic rings. The van der Waals surface area contributed by atoms with Crippen molar-refractivity contribution in [2.45, 2.75) is 173 Å². The molecule has 0 fully saturated rings. The zero-order chi connectivity index (χ0) is 49.0. The van der Waals surface area contributed by atoms with Crippen LogP contribution >= 0.6 is 24.8 Å². The monoisotopic (exact) mass is 1280 g/mol. The van der Waals surface area contributed by atoms with Crippen LogP contribution in [0.1, 0.15) is 183 Å². The summed E-state index contributed by atoms with van der Waals surface area (Å²) in [6, 6.07) is 24.6. The fourth-order valence-corrected chi connectivity index (χ4v) is 26.0. The Hall–Kier alpha value is -2.10. The first-order chi connectivity index (χ1) is 30.1. The zero-order valence-corrected chi connectivity index (χ0v) is 54.7. The molecule has 0 heterocycles. The normalized spacial score (nSPS) is 17.5. The number of rotatable bonds is 4. The van der Waals surface area contributed by atoms with Gasteiger partial charge in [-0.05, 0) is 0 Å². The van der Waals surface area contributed by atoms with Crippen LogP contribution in [0.25, 0.3) is 22.3 Å². The van der Waals surface area contributed by atoms with Crippen LogP contribution in [0, 0.1) is 22.7 Å². The average Bonchev–Trinajstić information content (AvgIpc) is 3.97. The van der Waals surface area contributed by atoms with Crippen molar-refractivity contribution in [2.24, 2.45) is 22.7 Å². The molecule has 8 rings (SSSR count). The minimum atomic E-state index is -2.46. The summed E-state index contributed by atoms with van der Waals surface area (Å²) in [6.07, 6.45) is 12.2. The Bertz CT molecular complexity index is 2600. The van der Waals surface area contributed by atoms with Crippen molar-refractivity contribution in [3.05, 3.63) is 147 Å². The molecule has 0 saturated carbocycles. The van der Waals surface area contributed by atoms with Crippen LogP contribution in [-0.2, 0) is 76.4 Å². The molecule has 0 N–H and O–H groups in total. The molecule has 2 atom stereocenters. The van der Waals surface area contributed by atoms with Gasteiger partial charge in [-0.2, -0.15) is 0 Å². The first-order valence-electron chi connectivity index (χ1n) is 25.0. The third-order valence-electron chi connectivity index (χ3n) is 15.0. The SMILES string of the molecule is Cl.Cl.[CH2]=[Hf]([C]1=CC(C(C)(C)C)=CC1C)[c]1cc(C(C)(C)C)cc2c1Cc1ccc(C(C)(C)C)cc1-2.[CH2]=[Hf]([C]1=CC(C(C)(C)C)=CC1C)[c]1cc(C(C)(C)C)cc2c1Cc1ccc(C(C)(C)C)cc1-2. The van der Waals surface area contributed by atoms with Crippen molar-refractivity contribution < 1.29 is 41.9 Å². The Morgan fingerprint density at radius 3 is 0.956 bits per heavy atom. The van der Waals surface area contributed by atoms with E-state index >= 15 is 0 Å². The van der Waals surface area contributed by atoms with Gasteiger partial charge in [-0.15, -0.1) is 24.8 Å². The molecule has 2 unspecified atom stereocenters. The van der Waals surface area contributed by atoms with Gasteiger partial charge in [0.05, 0.1) is 0 Å². The van der Waals surface area contributed by atoms with Crippen molar-refractivity contribution in [3.63, 3.8) is 0 Å². The van der Waals surface area contributed by atoms with E-state index in [-0.39, 0.29) is 57.3 Å². The van der Waals surface area contributed by atoms with Crippen molar-refractivity contribution >= 4 is 40.0 Å². The van der Waals surface area contributed by atoms with Crippen LogP contribution in [-0.4, -0.2) is 8.52 Å². The second kappa shape index (κ2) is 19.7. The Kier molecular flexibility index (Phi) is 16.5. The molecule has 4 aliphatic rings. The Morgan fingerprint density at radius 2 is 0.691 bits per heavy atom. The van der Waals surface area contributed by atoms with E-state index in [4.69, 9.17) is 8.52 Å². The van der Waals surface area contributed by atoms with Crippen LogP contribution in [0.4, 0.5) is 0 Å². The molecule has 4 aliphatic carbocycles. The van der Waals surface area contributed by atoms with Gasteiger partial charge in [-0.1, -0.05) is 0 Å². The Balaban J connectivity index is 0.000000247. The van der Waals surface area contributed by atoms with Gasteiger partial charge in [0, 0.05) is 0 Å². The van der Waals surface area contributed by atoms with Gasteiger partial charge in [0.1, 0.15) is 0 Å². The van der Waals surface area contributed by atoms with Gasteiger partial charge < -0.3 is 0 Å². The second-order valence-corrected chi connectivity index (χ2v) is 41.6. The fraction of sp³-hybridized carbons (Fsp3) is 0.469. The van der Waals surface area contributed by atoms with Gasteiger partial charge >= 0.3 is 422 Å². The van der Waals surface area contributed by atoms with Crippen molar-refractivity contribution in [3.8, 4) is 22.3 Å². The molecule has 0 radical (unpaired) electrons. The van der Waals surface area contributed by atoms with E-state index in [1.165, 1.54) is 66.8 Å². The van der Waals surface area contributed by atoms with Gasteiger partial charge in [-0.3, -0.25) is 0 Å². The summed E-state index contributed by atoms with van der Waals surface area (Å²) in [5, 5.41) is 0. The average molecular weight is 1280 g/mol. The van der Waals surface area contributed by atoms with Crippen molar-refractivity contribution in [2.75, 3.05) is 0 Å². The molecular weight excluding hydrogens is 1200 g/mol. The van der Waals surface area contributed by atoms with E-state index < -0.39 is 41.9 Å². The molecule has 0 saturated heterocycles. The van der Waals surface area contributed by atoms with Crippen LogP contribution < -0.4 is 6.64 Å². The number of fused-ring (bicyclic) bond motifs is 6. The van der Waals surface area contributed by atoms with E-state index in [0.717, 1.165) is 12.8 Å². The number of halogens is 2. The number of hydrogen-bond acceptors (Lipinski definition) is 0. The predicted molar refractivity (Wildman–Crippen MR) is 302 cm³/mol. The molecule has 0 aromatic heterocycles. The van der Waals surface area contributed by atoms with E-state index in [9.17, 15) is 0 Å². The molecule has 4 aromatic carbocycles. The Morgan fingerprint density at radius 1 is 0.397 bits per heavy atom. The van der Waals surface area contributed by atoms with Gasteiger partial charge in [0.25, 0.3) is 0 Å². The second-order valence-electron chi connectivity index (χ2n) is 26.7. The molecular formula is C64H86Cl2Hf2. The Labute approximate surface area is 442 Å². The van der Waals surface area contributed by atoms with Crippen molar-refractivity contribution in [1.82, 2.24) is 0 Å². The van der Waals surface area contributed by atoms with Gasteiger partial charge in [0.2, 0.25) is 0 Å². The summed E-state index contributed by atoms with van der Waals surface area (Å²) in [6.45, 7) is 46.8. The molecule has 0 aliphatic heterocycles. The molecule has 364 valence electrons. The summed E-state index contributed by atoms with van der Waals surface area (Å²) >= 11 is -4.92. The van der Waals surface area contributed by atoms with Gasteiger partial charge in [0.15, 0.2) is 0 Å². The summed E-state index contributed by atoms with van der Waals surface area (Å²) < 4.78 is 16.6. The molecule has 4 heteroatoms. The quantitative estimate of drug-likeness (QED) is 0.154. The molecule has 68 heavy (non-hydrogen) atoms. The fourth-order valence-electron chi connectivity index (χ4n) is 10.3. The van der Waals surface area contributed by atoms with Crippen LogP contribution in [0.15, 0.2) is 103 Å². The number of benzene rings is 4. The zero-order valence-electron chi connectivity index (χ0n) is 45.9. The molecule has 0 amide bonds. The van der Waals surface area contributed by atoms with Gasteiger partial charge in [-0.25, -0.2) is 0 Å². The summed E-state index contributed by atoms with van der Waals surface area (Å²) in [4.78, 5) is 0. The molecule has 0 nitrogen and oxygen atoms in total. The topological polar surface area (TPSA) is 0 Å². The first-order valence-corrected chi connectivity index (χ1v) is 37.3. The van der Waals surface area contributed by atoms with Crippen molar-refractivity contribution in [1.29, 1.82) is 0 Å². The standard InChI is InChI=1S/2C21H25.2C10H15.2CH2.2ClH.2Hf/c2*1-20(2,3)16-9-7-14-11-15-8-10-17(21(4,5)6)13-19(15)18(14)12-16;2*1-8-5-6-9(7-8)10(2,3)4;;;;;;/h2*7,9-10,12-13H,11H2,1-6H3;2*6-8H,1-4H3;2*1H2;2*1H;;. The van der Waals surface area contributed by atoms with Crippen LogP contribution in [0.2, 0.25) is 0 Å². The minimum absolute atomic E-state index is 0. The maximum absolute atomic E-state index is 4.99. The van der Waals surface area contributed by atoms with E-state index in [0.29, 0.717) is 11.8 Å². The summed E-state index contributed by atoms with van der Waals surface area (Å²) in [7, 11) is 0. The number of allylic oxidation sites excluding steroid dienone is 8. The molecule has 0 bridgehead atoms. The van der Waals surface area contributed by atoms with Crippen LogP contribution in [0.5, 0.6) is 0 Å². The van der Waals surface area contributed by atoms with Crippen LogP contribution in [0.3, 0.4) is 0 Å². The summed E-state index contributed by atoms with van der Waals surface area (Å²) in [5.41, 5.74) is 21.8. The number of hydrogen-bond donors (Lipinski definition) is 0. The summed E-state index contributed by atoms with van der Waals surface area (Å²) in [5.74, 6) is 1.06. The third-order valence-corrected chi connectivity index (χ3v) is 32.2. The third kappa shape index (κ3) is 11.6. The van der Waals surface area contributed by atoms with E-state index in [2.05, 4.69) is 223 Å². The van der Waals surface area contributed by atoms with E-state index in [1.54, 1.807) is 24.4 Å². The van der Waals surface area contributed by atoms with E-state index in [1.807, 2.05) is 0 Å².